The summed E-state index contributed by atoms with van der Waals surface area (Å²) in [6, 6.07) is 14.4. The van der Waals surface area contributed by atoms with Gasteiger partial charge in [-0.2, -0.15) is 0 Å². The van der Waals surface area contributed by atoms with Crippen molar-refractivity contribution in [2.75, 3.05) is 33.4 Å². The van der Waals surface area contributed by atoms with Gasteiger partial charge in [0.05, 0.1) is 0 Å². The molecule has 0 fully saturated rings. The molecule has 9 heteroatoms. The first kappa shape index (κ1) is 21.9. The Kier molecular flexibility index (Phi) is 7.69. The number of ether oxygens (including phenoxy) is 3. The molecule has 2 aromatic carbocycles. The lowest BCUT2D eigenvalue weighted by molar-refractivity contribution is -0.150. The van der Waals surface area contributed by atoms with Gasteiger partial charge in [0, 0.05) is 20.1 Å². The second-order valence-corrected chi connectivity index (χ2v) is 6.91. The SMILES string of the molecule is CN(Cc1ccc2c(c1)OCCO2)C(=O)COC(=O)CNC(=O)NCc1ccccc1. The minimum Gasteiger partial charge on any atom is -0.486 e. The van der Waals surface area contributed by atoms with E-state index in [1.807, 2.05) is 42.5 Å². The van der Waals surface area contributed by atoms with E-state index in [9.17, 15) is 14.4 Å². The molecule has 0 bridgehead atoms. The van der Waals surface area contributed by atoms with Gasteiger partial charge in [-0.05, 0) is 23.3 Å². The smallest absolute Gasteiger partial charge is 0.325 e. The third kappa shape index (κ3) is 6.91. The quantitative estimate of drug-likeness (QED) is 0.618. The number of benzene rings is 2. The van der Waals surface area contributed by atoms with Crippen LogP contribution in [-0.2, 0) is 27.4 Å². The van der Waals surface area contributed by atoms with Gasteiger partial charge < -0.3 is 29.7 Å². The first-order valence-electron chi connectivity index (χ1n) is 9.85. The maximum Gasteiger partial charge on any atom is 0.325 e. The van der Waals surface area contributed by atoms with E-state index in [2.05, 4.69) is 10.6 Å². The number of carbonyl (C=O) groups is 3. The topological polar surface area (TPSA) is 106 Å². The highest BCUT2D eigenvalue weighted by Gasteiger charge is 2.16. The number of esters is 1. The van der Waals surface area contributed by atoms with Crippen molar-refractivity contribution in [1.29, 1.82) is 0 Å². The summed E-state index contributed by atoms with van der Waals surface area (Å²) in [5, 5.41) is 5.03. The van der Waals surface area contributed by atoms with Crippen molar-refractivity contribution in [2.45, 2.75) is 13.1 Å². The Morgan fingerprint density at radius 2 is 1.71 bits per heavy atom. The second kappa shape index (κ2) is 10.9. The molecule has 0 radical (unpaired) electrons. The van der Waals surface area contributed by atoms with Gasteiger partial charge in [0.15, 0.2) is 18.1 Å². The number of carbonyl (C=O) groups excluding carboxylic acids is 3. The summed E-state index contributed by atoms with van der Waals surface area (Å²) in [7, 11) is 1.61. The normalized spacial score (nSPS) is 11.9. The van der Waals surface area contributed by atoms with Crippen molar-refractivity contribution < 1.29 is 28.6 Å². The molecule has 1 aliphatic heterocycles. The first-order valence-corrected chi connectivity index (χ1v) is 9.85. The molecular weight excluding hydrogens is 402 g/mol. The molecule has 31 heavy (non-hydrogen) atoms. The van der Waals surface area contributed by atoms with Gasteiger partial charge in [-0.25, -0.2) is 4.79 Å². The summed E-state index contributed by atoms with van der Waals surface area (Å²) in [5.41, 5.74) is 1.80. The van der Waals surface area contributed by atoms with Crippen LogP contribution in [-0.4, -0.2) is 56.2 Å². The molecule has 0 aliphatic carbocycles. The molecule has 0 atom stereocenters. The first-order chi connectivity index (χ1) is 15.0. The van der Waals surface area contributed by atoms with E-state index in [-0.39, 0.29) is 12.5 Å². The number of urea groups is 1. The van der Waals surface area contributed by atoms with Crippen LogP contribution < -0.4 is 20.1 Å². The molecular formula is C22H25N3O6. The summed E-state index contributed by atoms with van der Waals surface area (Å²) < 4.78 is 16.0. The van der Waals surface area contributed by atoms with Gasteiger partial charge in [0.1, 0.15) is 19.8 Å². The van der Waals surface area contributed by atoms with Crippen LogP contribution in [0.1, 0.15) is 11.1 Å². The Balaban J connectivity index is 1.34. The Labute approximate surface area is 180 Å². The highest BCUT2D eigenvalue weighted by Crippen LogP contribution is 2.31. The molecule has 0 saturated carbocycles. The van der Waals surface area contributed by atoms with Crippen molar-refractivity contribution in [3.8, 4) is 11.5 Å². The lowest BCUT2D eigenvalue weighted by Crippen LogP contribution is -2.39. The third-order valence-electron chi connectivity index (χ3n) is 4.50. The van der Waals surface area contributed by atoms with Crippen molar-refractivity contribution in [2.24, 2.45) is 0 Å². The van der Waals surface area contributed by atoms with Crippen LogP contribution in [0, 0.1) is 0 Å². The van der Waals surface area contributed by atoms with Gasteiger partial charge in [0.2, 0.25) is 0 Å². The lowest BCUT2D eigenvalue weighted by atomic mass is 10.2. The molecule has 0 spiro atoms. The Morgan fingerprint density at radius 1 is 0.968 bits per heavy atom. The molecule has 1 aliphatic rings. The second-order valence-electron chi connectivity index (χ2n) is 6.91. The average Bonchev–Trinajstić information content (AvgIpc) is 2.80. The minimum absolute atomic E-state index is 0.327. The molecule has 0 aromatic heterocycles. The number of likely N-dealkylation sites (N-methyl/N-ethyl adjacent to an activating group) is 1. The van der Waals surface area contributed by atoms with Gasteiger partial charge in [-0.1, -0.05) is 36.4 Å². The molecule has 3 rings (SSSR count). The van der Waals surface area contributed by atoms with Crippen LogP contribution >= 0.6 is 0 Å². The summed E-state index contributed by atoms with van der Waals surface area (Å²) in [5.74, 6) is 0.263. The highest BCUT2D eigenvalue weighted by atomic mass is 16.6. The fourth-order valence-corrected chi connectivity index (χ4v) is 2.84. The van der Waals surface area contributed by atoms with E-state index < -0.39 is 18.6 Å². The Morgan fingerprint density at radius 3 is 2.48 bits per heavy atom. The molecule has 3 amide bonds. The van der Waals surface area contributed by atoms with E-state index in [4.69, 9.17) is 14.2 Å². The molecule has 2 aromatic rings. The zero-order valence-electron chi connectivity index (χ0n) is 17.3. The van der Waals surface area contributed by atoms with Crippen molar-refractivity contribution >= 4 is 17.9 Å². The van der Waals surface area contributed by atoms with Crippen LogP contribution in [0.4, 0.5) is 4.79 Å². The fraction of sp³-hybridized carbons (Fsp3) is 0.318. The van der Waals surface area contributed by atoms with Crippen molar-refractivity contribution in [3.05, 3.63) is 59.7 Å². The van der Waals surface area contributed by atoms with Crippen LogP contribution in [0.2, 0.25) is 0 Å². The average molecular weight is 427 g/mol. The Hall–Kier alpha value is -3.75. The minimum atomic E-state index is -0.698. The number of rotatable bonds is 8. The summed E-state index contributed by atoms with van der Waals surface area (Å²) in [6.07, 6.45) is 0. The van der Waals surface area contributed by atoms with E-state index in [0.717, 1.165) is 11.1 Å². The van der Waals surface area contributed by atoms with Crippen molar-refractivity contribution in [1.82, 2.24) is 15.5 Å². The largest absolute Gasteiger partial charge is 0.486 e. The Bertz CT molecular complexity index is 919. The number of amides is 3. The zero-order valence-corrected chi connectivity index (χ0v) is 17.3. The lowest BCUT2D eigenvalue weighted by Gasteiger charge is -2.21. The summed E-state index contributed by atoms with van der Waals surface area (Å²) in [4.78, 5) is 37.2. The van der Waals surface area contributed by atoms with E-state index in [1.54, 1.807) is 13.1 Å². The molecule has 0 unspecified atom stereocenters. The molecule has 1 heterocycles. The van der Waals surface area contributed by atoms with Crippen LogP contribution in [0.5, 0.6) is 11.5 Å². The number of hydrogen-bond donors (Lipinski definition) is 2. The number of nitrogens with zero attached hydrogens (tertiary/aromatic N) is 1. The van der Waals surface area contributed by atoms with E-state index in [0.29, 0.717) is 37.8 Å². The standard InChI is InChI=1S/C22H25N3O6/c1-25(14-17-7-8-18-19(11-17)30-10-9-29-18)20(26)15-31-21(27)13-24-22(28)23-12-16-5-3-2-4-6-16/h2-8,11H,9-10,12-15H2,1H3,(H2,23,24,28). The van der Waals surface area contributed by atoms with Gasteiger partial charge >= 0.3 is 12.0 Å². The number of nitrogens with one attached hydrogen (secondary N) is 2. The maximum absolute atomic E-state index is 12.2. The molecule has 0 saturated heterocycles. The molecule has 2 N–H and O–H groups in total. The van der Waals surface area contributed by atoms with Gasteiger partial charge in [-0.15, -0.1) is 0 Å². The predicted molar refractivity (Wildman–Crippen MR) is 112 cm³/mol. The highest BCUT2D eigenvalue weighted by molar-refractivity contribution is 5.83. The molecule has 164 valence electrons. The fourth-order valence-electron chi connectivity index (χ4n) is 2.84. The summed E-state index contributed by atoms with van der Waals surface area (Å²) in [6.45, 7) is 0.921. The zero-order chi connectivity index (χ0) is 22.1. The molecule has 9 nitrogen and oxygen atoms in total. The monoisotopic (exact) mass is 427 g/mol. The van der Waals surface area contributed by atoms with Crippen LogP contribution in [0.15, 0.2) is 48.5 Å². The maximum atomic E-state index is 12.2. The van der Waals surface area contributed by atoms with Gasteiger partial charge in [0.25, 0.3) is 5.91 Å². The summed E-state index contributed by atoms with van der Waals surface area (Å²) >= 11 is 0. The van der Waals surface area contributed by atoms with Crippen LogP contribution in [0.3, 0.4) is 0 Å². The van der Waals surface area contributed by atoms with E-state index in [1.165, 1.54) is 4.90 Å². The third-order valence-corrected chi connectivity index (χ3v) is 4.50. The van der Waals surface area contributed by atoms with Crippen molar-refractivity contribution in [3.63, 3.8) is 0 Å². The van der Waals surface area contributed by atoms with E-state index >= 15 is 0 Å². The number of hydrogen-bond acceptors (Lipinski definition) is 6. The van der Waals surface area contributed by atoms with Gasteiger partial charge in [-0.3, -0.25) is 9.59 Å². The predicted octanol–water partition coefficient (Wildman–Crippen LogP) is 1.46. The van der Waals surface area contributed by atoms with Crippen LogP contribution in [0.25, 0.3) is 0 Å². The number of fused-ring (bicyclic) bond motifs is 1.